The predicted octanol–water partition coefficient (Wildman–Crippen LogP) is 4.45. The molecule has 0 spiro atoms. The van der Waals surface area contributed by atoms with E-state index < -0.39 is 6.61 Å². The van der Waals surface area contributed by atoms with Crippen molar-refractivity contribution < 1.29 is 13.5 Å². The lowest BCUT2D eigenvalue weighted by atomic mass is 10.3. The lowest BCUT2D eigenvalue weighted by Crippen LogP contribution is -2.04. The summed E-state index contributed by atoms with van der Waals surface area (Å²) in [6.45, 7) is 0.647. The zero-order chi connectivity index (χ0) is 16.7. The van der Waals surface area contributed by atoms with E-state index in [0.717, 1.165) is 0 Å². The molecule has 0 fully saturated rings. The highest BCUT2D eigenvalue weighted by Crippen LogP contribution is 2.31. The summed E-state index contributed by atoms with van der Waals surface area (Å²) < 4.78 is 31.3. The monoisotopic (exact) mass is 402 g/mol. The lowest BCUT2D eigenvalue weighted by molar-refractivity contribution is -0.0498. The molecule has 0 saturated carbocycles. The maximum atomic E-state index is 12.3. The summed E-state index contributed by atoms with van der Waals surface area (Å²) in [6.07, 6.45) is 0. The fraction of sp³-hybridized carbons (Fsp3) is 0.214. The first-order chi connectivity index (χ1) is 10.9. The maximum Gasteiger partial charge on any atom is 0.387 e. The minimum Gasteiger partial charge on any atom is -0.435 e. The number of benzene rings is 1. The molecule has 120 valence electrons. The van der Waals surface area contributed by atoms with Crippen molar-refractivity contribution in [2.75, 3.05) is 0 Å². The zero-order valence-corrected chi connectivity index (χ0v) is 14.4. The topological polar surface area (TPSA) is 52.8 Å². The van der Waals surface area contributed by atoms with Crippen LogP contribution in [0.1, 0.15) is 11.6 Å². The van der Waals surface area contributed by atoms with Crippen LogP contribution in [0, 0.1) is 13.8 Å². The predicted molar refractivity (Wildman–Crippen MR) is 85.5 cm³/mol. The van der Waals surface area contributed by atoms with Gasteiger partial charge in [0.2, 0.25) is 0 Å². The third-order valence-electron chi connectivity index (χ3n) is 3.13. The van der Waals surface area contributed by atoms with Gasteiger partial charge in [0.25, 0.3) is 0 Å². The van der Waals surface area contributed by atoms with Gasteiger partial charge in [-0.2, -0.15) is 8.78 Å². The zero-order valence-electron chi connectivity index (χ0n) is 12.0. The van der Waals surface area contributed by atoms with Crippen molar-refractivity contribution in [2.24, 2.45) is 0 Å². The number of hydrogen-bond acceptors (Lipinski definition) is 4. The van der Waals surface area contributed by atoms with E-state index in [-0.39, 0.29) is 10.9 Å². The van der Waals surface area contributed by atoms with Crippen molar-refractivity contribution in [3.63, 3.8) is 0 Å². The van der Waals surface area contributed by atoms with Crippen LogP contribution >= 0.6 is 27.5 Å². The van der Waals surface area contributed by atoms with Gasteiger partial charge in [0, 0.05) is 4.47 Å². The summed E-state index contributed by atoms with van der Waals surface area (Å²) in [5.74, 6) is 1.21. The summed E-state index contributed by atoms with van der Waals surface area (Å²) in [5, 5.41) is 0.267. The van der Waals surface area contributed by atoms with Crippen LogP contribution in [-0.2, 0) is 0 Å². The molecule has 0 aliphatic rings. The molecule has 5 nitrogen and oxygen atoms in total. The number of rotatable bonds is 3. The minimum absolute atomic E-state index is 0.0570. The quantitative estimate of drug-likeness (QED) is 0.606. The molecular weight excluding hydrogens is 394 g/mol. The first-order valence-corrected chi connectivity index (χ1v) is 7.68. The van der Waals surface area contributed by atoms with Crippen LogP contribution in [0.25, 0.3) is 16.9 Å². The maximum absolute atomic E-state index is 12.3. The van der Waals surface area contributed by atoms with Crippen LogP contribution in [0.5, 0.6) is 5.75 Å². The number of aryl methyl sites for hydroxylation is 2. The van der Waals surface area contributed by atoms with E-state index in [0.29, 0.717) is 33.0 Å². The molecule has 0 radical (unpaired) electrons. The number of halogens is 4. The summed E-state index contributed by atoms with van der Waals surface area (Å²) in [5.41, 5.74) is 1.71. The molecule has 0 saturated heterocycles. The van der Waals surface area contributed by atoms with E-state index in [1.165, 1.54) is 12.1 Å². The molecule has 0 atom stereocenters. The Morgan fingerprint density at radius 2 is 1.96 bits per heavy atom. The number of alkyl halides is 2. The van der Waals surface area contributed by atoms with Gasteiger partial charge in [-0.05, 0) is 48.0 Å². The molecule has 0 aliphatic carbocycles. The number of nitrogens with zero attached hydrogens (tertiary/aromatic N) is 4. The summed E-state index contributed by atoms with van der Waals surface area (Å²) >= 11 is 9.48. The van der Waals surface area contributed by atoms with Crippen LogP contribution in [0.4, 0.5) is 8.78 Å². The van der Waals surface area contributed by atoms with Crippen molar-refractivity contribution in [1.82, 2.24) is 19.5 Å². The summed E-state index contributed by atoms with van der Waals surface area (Å²) in [6, 6.07) is 4.55. The number of hydrogen-bond donors (Lipinski definition) is 0. The average Bonchev–Trinajstić information content (AvgIpc) is 2.75. The van der Waals surface area contributed by atoms with E-state index in [2.05, 4.69) is 35.6 Å². The number of ether oxygens (including phenoxy) is 1. The highest BCUT2D eigenvalue weighted by molar-refractivity contribution is 9.10. The Balaban J connectivity index is 2.19. The smallest absolute Gasteiger partial charge is 0.387 e. The summed E-state index contributed by atoms with van der Waals surface area (Å²) in [4.78, 5) is 12.8. The Hall–Kier alpha value is -1.80. The molecule has 23 heavy (non-hydrogen) atoms. The van der Waals surface area contributed by atoms with Gasteiger partial charge in [-0.25, -0.2) is 15.0 Å². The molecule has 0 amide bonds. The average molecular weight is 404 g/mol. The van der Waals surface area contributed by atoms with Crippen LogP contribution < -0.4 is 4.74 Å². The second kappa shape index (κ2) is 6.01. The molecule has 2 aromatic heterocycles. The van der Waals surface area contributed by atoms with Crippen molar-refractivity contribution in [3.05, 3.63) is 39.5 Å². The molecule has 3 aromatic rings. The molecular formula is C14H10BrClF2N4O. The Kier molecular flexibility index (Phi) is 4.20. The Morgan fingerprint density at radius 1 is 1.22 bits per heavy atom. The Bertz CT molecular complexity index is 900. The third kappa shape index (κ3) is 3.00. The second-order valence-corrected chi connectivity index (χ2v) is 5.93. The van der Waals surface area contributed by atoms with Gasteiger partial charge < -0.3 is 4.74 Å². The lowest BCUT2D eigenvalue weighted by Gasteiger charge is -2.11. The first-order valence-electron chi connectivity index (χ1n) is 6.50. The van der Waals surface area contributed by atoms with Crippen LogP contribution in [-0.4, -0.2) is 26.1 Å². The van der Waals surface area contributed by atoms with Gasteiger partial charge in [0.15, 0.2) is 10.8 Å². The van der Waals surface area contributed by atoms with Crippen molar-refractivity contribution >= 4 is 38.7 Å². The molecule has 0 unspecified atom stereocenters. The van der Waals surface area contributed by atoms with Gasteiger partial charge in [0.05, 0.1) is 5.69 Å². The van der Waals surface area contributed by atoms with E-state index in [4.69, 9.17) is 11.6 Å². The van der Waals surface area contributed by atoms with E-state index >= 15 is 0 Å². The normalized spacial score (nSPS) is 11.4. The third-order valence-corrected chi connectivity index (χ3v) is 4.03. The fourth-order valence-electron chi connectivity index (χ4n) is 2.27. The molecule has 1 aromatic carbocycles. The summed E-state index contributed by atoms with van der Waals surface area (Å²) in [7, 11) is 0. The highest BCUT2D eigenvalue weighted by Gasteiger charge is 2.17. The molecule has 0 bridgehead atoms. The number of fused-ring (bicyclic) bond motifs is 1. The SMILES string of the molecule is Cc1nc(Cl)c2nc(C)n(-c3ccc(OC(F)F)cc3Br)c2n1. The van der Waals surface area contributed by atoms with E-state index in [1.54, 1.807) is 24.5 Å². The molecule has 0 N–H and O–H groups in total. The minimum atomic E-state index is -2.88. The van der Waals surface area contributed by atoms with Gasteiger partial charge >= 0.3 is 6.61 Å². The van der Waals surface area contributed by atoms with Crippen LogP contribution in [0.15, 0.2) is 22.7 Å². The molecule has 3 rings (SSSR count). The number of aromatic nitrogens is 4. The highest BCUT2D eigenvalue weighted by atomic mass is 79.9. The molecule has 9 heteroatoms. The molecule has 2 heterocycles. The fourth-order valence-corrected chi connectivity index (χ4v) is 3.05. The van der Waals surface area contributed by atoms with Crippen LogP contribution in [0.3, 0.4) is 0 Å². The Morgan fingerprint density at radius 3 is 2.61 bits per heavy atom. The molecule has 0 aliphatic heterocycles. The van der Waals surface area contributed by atoms with Crippen molar-refractivity contribution in [3.8, 4) is 11.4 Å². The van der Waals surface area contributed by atoms with Gasteiger partial charge in [-0.15, -0.1) is 0 Å². The standard InChI is InChI=1S/C14H10BrClF2N4O/c1-6-19-12(16)11-13(20-6)22(7(2)21-11)10-4-3-8(5-9(10)15)23-14(17)18/h3-5,14H,1-2H3. The van der Waals surface area contributed by atoms with Gasteiger partial charge in [0.1, 0.15) is 22.9 Å². The Labute approximate surface area is 143 Å². The van der Waals surface area contributed by atoms with Crippen molar-refractivity contribution in [1.29, 1.82) is 0 Å². The van der Waals surface area contributed by atoms with Gasteiger partial charge in [-0.1, -0.05) is 11.6 Å². The number of imidazole rings is 1. The second-order valence-electron chi connectivity index (χ2n) is 4.72. The largest absolute Gasteiger partial charge is 0.435 e. The van der Waals surface area contributed by atoms with Crippen molar-refractivity contribution in [2.45, 2.75) is 20.5 Å². The van der Waals surface area contributed by atoms with E-state index in [1.807, 2.05) is 0 Å². The van der Waals surface area contributed by atoms with Crippen LogP contribution in [0.2, 0.25) is 5.15 Å². The van der Waals surface area contributed by atoms with E-state index in [9.17, 15) is 8.78 Å². The first kappa shape index (κ1) is 16.1. The van der Waals surface area contributed by atoms with Gasteiger partial charge in [-0.3, -0.25) is 4.57 Å².